The maximum atomic E-state index is 11.9. The molecule has 4 rings (SSSR count). The summed E-state index contributed by atoms with van der Waals surface area (Å²) in [4.78, 5) is 23.7. The van der Waals surface area contributed by atoms with E-state index in [-0.39, 0.29) is 30.1 Å². The van der Waals surface area contributed by atoms with Crippen LogP contribution in [0, 0.1) is 23.2 Å². The Kier molecular flexibility index (Phi) is 4.68. The molecule has 4 bridgehead atoms. The zero-order valence-corrected chi connectivity index (χ0v) is 14.4. The molecule has 1 saturated heterocycles. The van der Waals surface area contributed by atoms with Crippen LogP contribution in [0.4, 0.5) is 0 Å². The van der Waals surface area contributed by atoms with Gasteiger partial charge in [-0.2, -0.15) is 0 Å². The van der Waals surface area contributed by atoms with Gasteiger partial charge < -0.3 is 14.2 Å². The van der Waals surface area contributed by atoms with Crippen LogP contribution in [-0.4, -0.2) is 37.4 Å². The third kappa shape index (κ3) is 3.12. The molecule has 0 aromatic carbocycles. The molecule has 4 aliphatic rings. The van der Waals surface area contributed by atoms with Crippen LogP contribution in [0.1, 0.15) is 52.9 Å². The fraction of sp³-hybridized carbons (Fsp3) is 0.889. The quantitative estimate of drug-likeness (QED) is 0.532. The lowest BCUT2D eigenvalue weighted by Crippen LogP contribution is -2.49. The van der Waals surface area contributed by atoms with Crippen LogP contribution in [0.2, 0.25) is 0 Å². The van der Waals surface area contributed by atoms with Gasteiger partial charge in [-0.15, -0.1) is 0 Å². The molecule has 0 aromatic rings. The largest absolute Gasteiger partial charge is 0.465 e. The zero-order chi connectivity index (χ0) is 16.6. The SMILES string of the molecule is CCC(C)(C)C(=O)OCCCOC1C2CCC3C(C2)C(=O)OC31. The highest BCUT2D eigenvalue weighted by Crippen LogP contribution is 2.52. The molecule has 5 nitrogen and oxygen atoms in total. The van der Waals surface area contributed by atoms with Crippen LogP contribution in [0.3, 0.4) is 0 Å². The van der Waals surface area contributed by atoms with E-state index < -0.39 is 5.41 Å². The molecule has 0 amide bonds. The van der Waals surface area contributed by atoms with Crippen molar-refractivity contribution in [3.8, 4) is 0 Å². The average Bonchev–Trinajstić information content (AvgIpc) is 2.81. The molecule has 0 N–H and O–H groups in total. The molecular weight excluding hydrogens is 296 g/mol. The van der Waals surface area contributed by atoms with E-state index in [1.807, 2.05) is 20.8 Å². The topological polar surface area (TPSA) is 61.8 Å². The van der Waals surface area contributed by atoms with Gasteiger partial charge in [-0.05, 0) is 45.4 Å². The lowest BCUT2D eigenvalue weighted by atomic mass is 9.63. The maximum Gasteiger partial charge on any atom is 0.311 e. The Labute approximate surface area is 138 Å². The molecular formula is C18H28O5. The lowest BCUT2D eigenvalue weighted by Gasteiger charge is -2.44. The number of carbonyl (C=O) groups excluding carboxylic acids is 2. The van der Waals surface area contributed by atoms with Crippen LogP contribution in [0.15, 0.2) is 0 Å². The summed E-state index contributed by atoms with van der Waals surface area (Å²) in [5, 5.41) is 0. The minimum atomic E-state index is -0.420. The van der Waals surface area contributed by atoms with Gasteiger partial charge in [0.15, 0.2) is 0 Å². The van der Waals surface area contributed by atoms with Gasteiger partial charge in [-0.1, -0.05) is 6.92 Å². The zero-order valence-electron chi connectivity index (χ0n) is 14.4. The summed E-state index contributed by atoms with van der Waals surface area (Å²) >= 11 is 0. The van der Waals surface area contributed by atoms with Crippen molar-refractivity contribution >= 4 is 11.9 Å². The summed E-state index contributed by atoms with van der Waals surface area (Å²) in [6.45, 7) is 6.71. The van der Waals surface area contributed by atoms with E-state index >= 15 is 0 Å². The number of ether oxygens (including phenoxy) is 3. The fourth-order valence-electron chi connectivity index (χ4n) is 4.09. The van der Waals surface area contributed by atoms with Crippen LogP contribution in [0.5, 0.6) is 0 Å². The summed E-state index contributed by atoms with van der Waals surface area (Å²) in [7, 11) is 0. The van der Waals surface area contributed by atoms with E-state index in [0.717, 1.165) is 25.7 Å². The standard InChI is InChI=1S/C18H28O5/c1-4-18(2,3)17(20)22-9-5-8-21-14-11-6-7-12-13(10-11)16(19)23-15(12)14/h11-15H,4-10H2,1-3H3. The fourth-order valence-corrected chi connectivity index (χ4v) is 4.09. The van der Waals surface area contributed by atoms with Gasteiger partial charge in [0.25, 0.3) is 0 Å². The lowest BCUT2D eigenvalue weighted by molar-refractivity contribution is -0.157. The second-order valence-electron chi connectivity index (χ2n) is 7.81. The van der Waals surface area contributed by atoms with Gasteiger partial charge in [0.1, 0.15) is 6.10 Å². The van der Waals surface area contributed by atoms with Crippen molar-refractivity contribution in [2.75, 3.05) is 13.2 Å². The highest BCUT2D eigenvalue weighted by Gasteiger charge is 2.58. The molecule has 3 saturated carbocycles. The van der Waals surface area contributed by atoms with Crippen molar-refractivity contribution in [1.82, 2.24) is 0 Å². The van der Waals surface area contributed by atoms with Crippen molar-refractivity contribution in [3.05, 3.63) is 0 Å². The smallest absolute Gasteiger partial charge is 0.311 e. The molecule has 130 valence electrons. The molecule has 0 spiro atoms. The predicted molar refractivity (Wildman–Crippen MR) is 83.6 cm³/mol. The van der Waals surface area contributed by atoms with Crippen molar-refractivity contribution < 1.29 is 23.8 Å². The van der Waals surface area contributed by atoms with E-state index in [2.05, 4.69) is 0 Å². The number of hydrogen-bond acceptors (Lipinski definition) is 5. The first-order valence-corrected chi connectivity index (χ1v) is 8.93. The average molecular weight is 324 g/mol. The number of fused-ring (bicyclic) bond motifs is 1. The van der Waals surface area contributed by atoms with E-state index in [1.54, 1.807) is 0 Å². The molecule has 3 aliphatic carbocycles. The van der Waals surface area contributed by atoms with Gasteiger partial charge >= 0.3 is 11.9 Å². The summed E-state index contributed by atoms with van der Waals surface area (Å²) in [5.41, 5.74) is -0.420. The van der Waals surface area contributed by atoms with Crippen LogP contribution in [0.25, 0.3) is 0 Å². The maximum absolute atomic E-state index is 11.9. The van der Waals surface area contributed by atoms with E-state index in [9.17, 15) is 9.59 Å². The van der Waals surface area contributed by atoms with Gasteiger partial charge in [0.2, 0.25) is 0 Å². The normalized spacial score (nSPS) is 35.3. The van der Waals surface area contributed by atoms with Crippen molar-refractivity contribution in [3.63, 3.8) is 0 Å². The molecule has 1 heterocycles. The Morgan fingerprint density at radius 1 is 1.30 bits per heavy atom. The summed E-state index contributed by atoms with van der Waals surface area (Å²) in [6, 6.07) is 0. The number of rotatable bonds is 7. The minimum Gasteiger partial charge on any atom is -0.465 e. The van der Waals surface area contributed by atoms with Gasteiger partial charge in [0, 0.05) is 12.3 Å². The molecule has 5 heteroatoms. The van der Waals surface area contributed by atoms with E-state index in [4.69, 9.17) is 14.2 Å². The second kappa shape index (κ2) is 6.42. The van der Waals surface area contributed by atoms with Crippen LogP contribution < -0.4 is 0 Å². The first-order valence-electron chi connectivity index (χ1n) is 8.93. The van der Waals surface area contributed by atoms with Gasteiger partial charge in [-0.3, -0.25) is 9.59 Å². The number of hydrogen-bond donors (Lipinski definition) is 0. The predicted octanol–water partition coefficient (Wildman–Crippen LogP) is 2.71. The second-order valence-corrected chi connectivity index (χ2v) is 7.81. The first kappa shape index (κ1) is 16.7. The van der Waals surface area contributed by atoms with Crippen LogP contribution in [-0.2, 0) is 23.8 Å². The molecule has 4 fully saturated rings. The summed E-state index contributed by atoms with van der Waals surface area (Å²) in [6.07, 6.45) is 4.60. The highest BCUT2D eigenvalue weighted by atomic mass is 16.6. The number of esters is 2. The Morgan fingerprint density at radius 2 is 2.09 bits per heavy atom. The molecule has 5 unspecified atom stereocenters. The molecule has 23 heavy (non-hydrogen) atoms. The van der Waals surface area contributed by atoms with Gasteiger partial charge in [0.05, 0.1) is 30.7 Å². The Morgan fingerprint density at radius 3 is 2.83 bits per heavy atom. The molecule has 5 atom stereocenters. The molecule has 1 aliphatic heterocycles. The van der Waals surface area contributed by atoms with Gasteiger partial charge in [-0.25, -0.2) is 0 Å². The Hall–Kier alpha value is -1.10. The monoisotopic (exact) mass is 324 g/mol. The van der Waals surface area contributed by atoms with Crippen LogP contribution >= 0.6 is 0 Å². The third-order valence-electron chi connectivity index (χ3n) is 5.98. The van der Waals surface area contributed by atoms with E-state index in [1.165, 1.54) is 0 Å². The summed E-state index contributed by atoms with van der Waals surface area (Å²) in [5.74, 6) is 0.760. The van der Waals surface area contributed by atoms with Crippen molar-refractivity contribution in [2.45, 2.75) is 65.1 Å². The third-order valence-corrected chi connectivity index (χ3v) is 5.98. The highest BCUT2D eigenvalue weighted by molar-refractivity contribution is 5.76. The first-order chi connectivity index (χ1) is 10.9. The van der Waals surface area contributed by atoms with Crippen molar-refractivity contribution in [1.29, 1.82) is 0 Å². The summed E-state index contributed by atoms with van der Waals surface area (Å²) < 4.78 is 16.9. The van der Waals surface area contributed by atoms with E-state index in [0.29, 0.717) is 31.5 Å². The van der Waals surface area contributed by atoms with Crippen molar-refractivity contribution in [2.24, 2.45) is 23.2 Å². The Bertz CT molecular complexity index is 472. The number of carbonyl (C=O) groups is 2. The minimum absolute atomic E-state index is 0.0217. The molecule has 0 radical (unpaired) electrons. The molecule has 0 aromatic heterocycles. The Balaban J connectivity index is 1.40.